The summed E-state index contributed by atoms with van der Waals surface area (Å²) >= 11 is 0. The first-order valence-corrected chi connectivity index (χ1v) is 9.37. The number of aliphatic hydroxyl groups is 1. The lowest BCUT2D eigenvalue weighted by Gasteiger charge is -2.60. The second kappa shape index (κ2) is 4.96. The predicted octanol–water partition coefficient (Wildman–Crippen LogP) is 4.22. The van der Waals surface area contributed by atoms with Crippen LogP contribution >= 0.6 is 0 Å². The van der Waals surface area contributed by atoms with Crippen LogP contribution in [0.1, 0.15) is 71.6 Å². The van der Waals surface area contributed by atoms with Crippen LogP contribution in [0.15, 0.2) is 5.16 Å². The molecule has 4 saturated carbocycles. The van der Waals surface area contributed by atoms with Gasteiger partial charge in [0.2, 0.25) is 0 Å². The van der Waals surface area contributed by atoms with Crippen molar-refractivity contribution in [3.8, 4) is 0 Å². The zero-order valence-corrected chi connectivity index (χ0v) is 14.1. The van der Waals surface area contributed by atoms with E-state index in [2.05, 4.69) is 19.0 Å². The summed E-state index contributed by atoms with van der Waals surface area (Å²) in [6.07, 6.45) is 10.5. The molecule has 4 fully saturated rings. The van der Waals surface area contributed by atoms with Gasteiger partial charge < -0.3 is 10.3 Å². The fraction of sp³-hybridized carbons (Fsp3) is 0.947. The molecule has 0 aromatic rings. The van der Waals surface area contributed by atoms with Gasteiger partial charge in [-0.1, -0.05) is 19.0 Å². The average Bonchev–Trinajstić information content (AvgIpc) is 2.82. The van der Waals surface area contributed by atoms with Crippen LogP contribution in [0.4, 0.5) is 0 Å². The fourth-order valence-electron chi connectivity index (χ4n) is 7.12. The minimum Gasteiger partial charge on any atom is -0.411 e. The summed E-state index contributed by atoms with van der Waals surface area (Å²) in [6, 6.07) is 0. The van der Waals surface area contributed by atoms with Crippen LogP contribution in [0, 0.1) is 34.5 Å². The molecule has 0 amide bonds. The lowest BCUT2D eigenvalue weighted by Crippen LogP contribution is -2.54. The standard InChI is InChI=1S/C19H31NO2/c1-18-9-7-13(20-22)11-12(18)3-4-14-15-5-6-17(21)19(15,2)10-8-16(14)18/h12,14-17,21-22H,3-11H2,1-2H3/t12-,14+,15+,16+,17+,18-,19+/m0/s1. The Bertz CT molecular complexity index is 490. The first-order valence-electron chi connectivity index (χ1n) is 9.37. The van der Waals surface area contributed by atoms with Gasteiger partial charge in [0.25, 0.3) is 0 Å². The second-order valence-corrected chi connectivity index (χ2v) is 9.16. The molecule has 4 aliphatic carbocycles. The summed E-state index contributed by atoms with van der Waals surface area (Å²) in [5.74, 6) is 3.11. The summed E-state index contributed by atoms with van der Waals surface area (Å²) in [5.41, 5.74) is 1.65. The highest BCUT2D eigenvalue weighted by atomic mass is 16.4. The van der Waals surface area contributed by atoms with Crippen molar-refractivity contribution >= 4 is 5.71 Å². The van der Waals surface area contributed by atoms with E-state index in [0.717, 1.165) is 42.7 Å². The Morgan fingerprint density at radius 1 is 0.955 bits per heavy atom. The maximum Gasteiger partial charge on any atom is 0.0596 e. The van der Waals surface area contributed by atoms with Crippen molar-refractivity contribution in [3.63, 3.8) is 0 Å². The van der Waals surface area contributed by atoms with Gasteiger partial charge in [-0.3, -0.25) is 0 Å². The van der Waals surface area contributed by atoms with Crippen LogP contribution in [0.25, 0.3) is 0 Å². The molecule has 3 heteroatoms. The summed E-state index contributed by atoms with van der Waals surface area (Å²) in [5, 5.41) is 23.2. The molecule has 0 aliphatic heterocycles. The van der Waals surface area contributed by atoms with Gasteiger partial charge in [0.1, 0.15) is 0 Å². The third-order valence-corrected chi connectivity index (χ3v) is 8.59. The lowest BCUT2D eigenvalue weighted by atomic mass is 9.45. The van der Waals surface area contributed by atoms with Crippen molar-refractivity contribution in [1.82, 2.24) is 0 Å². The summed E-state index contributed by atoms with van der Waals surface area (Å²) in [7, 11) is 0. The van der Waals surface area contributed by atoms with Crippen LogP contribution < -0.4 is 0 Å². The second-order valence-electron chi connectivity index (χ2n) is 9.16. The molecule has 7 atom stereocenters. The van der Waals surface area contributed by atoms with Crippen LogP contribution in [0.3, 0.4) is 0 Å². The quantitative estimate of drug-likeness (QED) is 0.520. The van der Waals surface area contributed by atoms with Crippen LogP contribution in [-0.4, -0.2) is 22.1 Å². The van der Waals surface area contributed by atoms with Crippen molar-refractivity contribution in [1.29, 1.82) is 0 Å². The Morgan fingerprint density at radius 2 is 1.73 bits per heavy atom. The van der Waals surface area contributed by atoms with Gasteiger partial charge in [-0.05, 0) is 92.3 Å². The van der Waals surface area contributed by atoms with Crippen LogP contribution in [0.2, 0.25) is 0 Å². The number of fused-ring (bicyclic) bond motifs is 5. The molecule has 0 heterocycles. The maximum atomic E-state index is 10.5. The molecule has 3 nitrogen and oxygen atoms in total. The summed E-state index contributed by atoms with van der Waals surface area (Å²) in [6.45, 7) is 4.88. The number of hydrogen-bond acceptors (Lipinski definition) is 3. The zero-order valence-electron chi connectivity index (χ0n) is 14.1. The van der Waals surface area contributed by atoms with Gasteiger partial charge in [-0.2, -0.15) is 0 Å². The highest BCUT2D eigenvalue weighted by molar-refractivity contribution is 5.85. The van der Waals surface area contributed by atoms with Crippen LogP contribution in [0.5, 0.6) is 0 Å². The number of nitrogens with zero attached hydrogens (tertiary/aromatic N) is 1. The molecule has 0 saturated heterocycles. The van der Waals surface area contributed by atoms with E-state index in [0.29, 0.717) is 11.3 Å². The van der Waals surface area contributed by atoms with Gasteiger partial charge in [-0.15, -0.1) is 0 Å². The van der Waals surface area contributed by atoms with E-state index in [1.807, 2.05) is 0 Å². The van der Waals surface area contributed by atoms with E-state index in [-0.39, 0.29) is 11.5 Å². The third-order valence-electron chi connectivity index (χ3n) is 8.59. The molecule has 22 heavy (non-hydrogen) atoms. The van der Waals surface area contributed by atoms with Gasteiger partial charge in [0, 0.05) is 0 Å². The van der Waals surface area contributed by atoms with Crippen molar-refractivity contribution in [2.24, 2.45) is 39.7 Å². The Hall–Kier alpha value is -0.570. The molecule has 0 aromatic carbocycles. The van der Waals surface area contributed by atoms with Gasteiger partial charge in [0.05, 0.1) is 11.8 Å². The van der Waals surface area contributed by atoms with E-state index >= 15 is 0 Å². The van der Waals surface area contributed by atoms with E-state index in [4.69, 9.17) is 5.21 Å². The van der Waals surface area contributed by atoms with Crippen molar-refractivity contribution in [3.05, 3.63) is 0 Å². The molecular formula is C19H31NO2. The van der Waals surface area contributed by atoms with E-state index in [9.17, 15) is 5.11 Å². The molecule has 4 aliphatic rings. The fourth-order valence-corrected chi connectivity index (χ4v) is 7.12. The normalized spacial score (nSPS) is 56.3. The van der Waals surface area contributed by atoms with Crippen LogP contribution in [-0.2, 0) is 0 Å². The molecular weight excluding hydrogens is 274 g/mol. The SMILES string of the molecule is C[C@]12CCC(=NO)C[C@@H]1CC[C@H]1[C@H]2CC[C@@]2(C)[C@H](O)CC[C@H]12. The summed E-state index contributed by atoms with van der Waals surface area (Å²) in [4.78, 5) is 0. The maximum absolute atomic E-state index is 10.5. The van der Waals surface area contributed by atoms with E-state index in [1.165, 1.54) is 38.5 Å². The smallest absolute Gasteiger partial charge is 0.0596 e. The molecule has 4 rings (SSSR count). The van der Waals surface area contributed by atoms with Crippen molar-refractivity contribution in [2.45, 2.75) is 77.7 Å². The molecule has 0 radical (unpaired) electrons. The lowest BCUT2D eigenvalue weighted by molar-refractivity contribution is -0.112. The Morgan fingerprint density at radius 3 is 2.50 bits per heavy atom. The minimum atomic E-state index is -0.0662. The van der Waals surface area contributed by atoms with E-state index in [1.54, 1.807) is 0 Å². The monoisotopic (exact) mass is 305 g/mol. The molecule has 124 valence electrons. The van der Waals surface area contributed by atoms with Crippen molar-refractivity contribution in [2.75, 3.05) is 0 Å². The first kappa shape index (κ1) is 15.0. The zero-order chi connectivity index (χ0) is 15.5. The Balaban J connectivity index is 1.62. The molecule has 0 aromatic heterocycles. The topological polar surface area (TPSA) is 52.8 Å². The number of hydrogen-bond donors (Lipinski definition) is 2. The molecule has 0 unspecified atom stereocenters. The average molecular weight is 305 g/mol. The first-order chi connectivity index (χ1) is 10.5. The van der Waals surface area contributed by atoms with E-state index < -0.39 is 0 Å². The van der Waals surface area contributed by atoms with Crippen molar-refractivity contribution < 1.29 is 10.3 Å². The third kappa shape index (κ3) is 1.87. The summed E-state index contributed by atoms with van der Waals surface area (Å²) < 4.78 is 0. The number of rotatable bonds is 0. The molecule has 2 N–H and O–H groups in total. The Labute approximate surface area is 134 Å². The largest absolute Gasteiger partial charge is 0.411 e. The Kier molecular flexibility index (Phi) is 3.38. The number of aliphatic hydroxyl groups excluding tert-OH is 1. The predicted molar refractivity (Wildman–Crippen MR) is 87.0 cm³/mol. The number of oxime groups is 1. The molecule has 0 spiro atoms. The highest BCUT2D eigenvalue weighted by Crippen LogP contribution is 2.65. The highest BCUT2D eigenvalue weighted by Gasteiger charge is 2.59. The van der Waals surface area contributed by atoms with Gasteiger partial charge in [0.15, 0.2) is 0 Å². The molecule has 0 bridgehead atoms. The van der Waals surface area contributed by atoms with Gasteiger partial charge >= 0.3 is 0 Å². The minimum absolute atomic E-state index is 0.0662. The van der Waals surface area contributed by atoms with Gasteiger partial charge in [-0.25, -0.2) is 0 Å².